The zero-order valence-electron chi connectivity index (χ0n) is 11.3. The van der Waals surface area contributed by atoms with Crippen molar-refractivity contribution in [2.75, 3.05) is 0 Å². The molecule has 1 heterocycles. The third-order valence-corrected chi connectivity index (χ3v) is 4.26. The molecule has 0 unspecified atom stereocenters. The average molecular weight is 234 g/mol. The van der Waals surface area contributed by atoms with E-state index < -0.39 is 0 Å². The fourth-order valence-corrected chi connectivity index (χ4v) is 2.94. The highest BCUT2D eigenvalue weighted by atomic mass is 15.0. The van der Waals surface area contributed by atoms with Crippen molar-refractivity contribution in [3.05, 3.63) is 24.0 Å². The second kappa shape index (κ2) is 6.25. The second-order valence-electron chi connectivity index (χ2n) is 5.29. The lowest BCUT2D eigenvalue weighted by Gasteiger charge is -2.28. The van der Waals surface area contributed by atoms with E-state index in [4.69, 9.17) is 0 Å². The van der Waals surface area contributed by atoms with Gasteiger partial charge in [0.15, 0.2) is 0 Å². The Kier molecular flexibility index (Phi) is 4.66. The normalized spacial score (nSPS) is 25.1. The van der Waals surface area contributed by atoms with Crippen LogP contribution < -0.4 is 5.32 Å². The van der Waals surface area contributed by atoms with Crippen LogP contribution in [0.2, 0.25) is 0 Å². The fraction of sp³-hybridized carbons (Fsp3) is 0.733. The molecule has 1 saturated carbocycles. The Balaban J connectivity index is 1.76. The zero-order valence-corrected chi connectivity index (χ0v) is 11.3. The van der Waals surface area contributed by atoms with Crippen molar-refractivity contribution in [1.29, 1.82) is 0 Å². The van der Waals surface area contributed by atoms with Crippen molar-refractivity contribution in [3.8, 4) is 0 Å². The van der Waals surface area contributed by atoms with Gasteiger partial charge in [-0.2, -0.15) is 0 Å². The first-order chi connectivity index (χ1) is 8.33. The van der Waals surface area contributed by atoms with E-state index in [0.29, 0.717) is 0 Å². The molecule has 1 aliphatic rings. The van der Waals surface area contributed by atoms with Gasteiger partial charge in [0.2, 0.25) is 0 Å². The van der Waals surface area contributed by atoms with Gasteiger partial charge in [-0.15, -0.1) is 0 Å². The standard InChI is InChI=1S/C15H26N2/c1-3-13-7-9-14(10-8-13)16-12-15-6-5-11-17(15)4-2/h5-6,11,13-14,16H,3-4,7-10,12H2,1-2H3. The van der Waals surface area contributed by atoms with Gasteiger partial charge in [0.25, 0.3) is 0 Å². The van der Waals surface area contributed by atoms with Gasteiger partial charge >= 0.3 is 0 Å². The van der Waals surface area contributed by atoms with Crippen molar-refractivity contribution in [2.45, 2.75) is 65.1 Å². The molecule has 0 spiro atoms. The lowest BCUT2D eigenvalue weighted by Crippen LogP contribution is -2.33. The fourth-order valence-electron chi connectivity index (χ4n) is 2.94. The molecule has 1 fully saturated rings. The molecule has 0 atom stereocenters. The molecule has 0 aliphatic heterocycles. The molecule has 0 radical (unpaired) electrons. The number of aromatic nitrogens is 1. The first-order valence-corrected chi connectivity index (χ1v) is 7.20. The van der Waals surface area contributed by atoms with Crippen LogP contribution in [0, 0.1) is 5.92 Å². The predicted octanol–water partition coefficient (Wildman–Crippen LogP) is 3.57. The molecule has 1 N–H and O–H groups in total. The van der Waals surface area contributed by atoms with Gasteiger partial charge < -0.3 is 9.88 Å². The number of hydrogen-bond donors (Lipinski definition) is 1. The SMILES string of the molecule is CCC1CCC(NCc2cccn2CC)CC1. The Bertz CT molecular complexity index is 321. The van der Waals surface area contributed by atoms with E-state index in [2.05, 4.69) is 42.1 Å². The molecule has 17 heavy (non-hydrogen) atoms. The van der Waals surface area contributed by atoms with Crippen LogP contribution in [0.4, 0.5) is 0 Å². The summed E-state index contributed by atoms with van der Waals surface area (Å²) >= 11 is 0. The highest BCUT2D eigenvalue weighted by Gasteiger charge is 2.19. The Labute approximate surface area is 105 Å². The number of hydrogen-bond acceptors (Lipinski definition) is 1. The minimum atomic E-state index is 0.748. The van der Waals surface area contributed by atoms with Crippen LogP contribution in [0.3, 0.4) is 0 Å². The summed E-state index contributed by atoms with van der Waals surface area (Å²) in [5.74, 6) is 0.993. The quantitative estimate of drug-likeness (QED) is 0.824. The molecule has 0 bridgehead atoms. The highest BCUT2D eigenvalue weighted by molar-refractivity contribution is 5.07. The largest absolute Gasteiger partial charge is 0.351 e. The van der Waals surface area contributed by atoms with Gasteiger partial charge in [0, 0.05) is 31.0 Å². The number of nitrogens with one attached hydrogen (secondary N) is 1. The van der Waals surface area contributed by atoms with E-state index in [1.807, 2.05) is 0 Å². The third kappa shape index (κ3) is 3.35. The minimum absolute atomic E-state index is 0.748. The summed E-state index contributed by atoms with van der Waals surface area (Å²) in [4.78, 5) is 0. The zero-order chi connectivity index (χ0) is 12.1. The molecule has 1 aliphatic carbocycles. The van der Waals surface area contributed by atoms with Crippen LogP contribution in [0.5, 0.6) is 0 Å². The maximum absolute atomic E-state index is 3.72. The smallest absolute Gasteiger partial charge is 0.0361 e. The van der Waals surface area contributed by atoms with Gasteiger partial charge in [0.05, 0.1) is 0 Å². The molecule has 2 rings (SSSR count). The van der Waals surface area contributed by atoms with E-state index >= 15 is 0 Å². The monoisotopic (exact) mass is 234 g/mol. The van der Waals surface area contributed by atoms with Crippen molar-refractivity contribution in [3.63, 3.8) is 0 Å². The Hall–Kier alpha value is -0.760. The summed E-state index contributed by atoms with van der Waals surface area (Å²) in [5.41, 5.74) is 1.42. The topological polar surface area (TPSA) is 17.0 Å². The Morgan fingerprint density at radius 3 is 2.65 bits per heavy atom. The summed E-state index contributed by atoms with van der Waals surface area (Å²) in [6.45, 7) is 6.64. The molecule has 96 valence electrons. The van der Waals surface area contributed by atoms with Crippen LogP contribution >= 0.6 is 0 Å². The molecule has 2 heteroatoms. The van der Waals surface area contributed by atoms with Crippen molar-refractivity contribution < 1.29 is 0 Å². The lowest BCUT2D eigenvalue weighted by atomic mass is 9.84. The second-order valence-corrected chi connectivity index (χ2v) is 5.29. The molecule has 0 aromatic carbocycles. The summed E-state index contributed by atoms with van der Waals surface area (Å²) < 4.78 is 2.32. The number of nitrogens with zero attached hydrogens (tertiary/aromatic N) is 1. The van der Waals surface area contributed by atoms with E-state index in [-0.39, 0.29) is 0 Å². The minimum Gasteiger partial charge on any atom is -0.351 e. The summed E-state index contributed by atoms with van der Waals surface area (Å²) in [6, 6.07) is 5.13. The Morgan fingerprint density at radius 1 is 1.24 bits per heavy atom. The molecule has 1 aromatic rings. The van der Waals surface area contributed by atoms with Crippen LogP contribution in [0.15, 0.2) is 18.3 Å². The van der Waals surface area contributed by atoms with E-state index in [9.17, 15) is 0 Å². The molecule has 0 amide bonds. The average Bonchev–Trinajstić information content (AvgIpc) is 2.84. The van der Waals surface area contributed by atoms with Crippen LogP contribution in [0.1, 0.15) is 51.6 Å². The van der Waals surface area contributed by atoms with Gasteiger partial charge in [-0.05, 0) is 50.7 Å². The lowest BCUT2D eigenvalue weighted by molar-refractivity contribution is 0.284. The van der Waals surface area contributed by atoms with Crippen molar-refractivity contribution in [2.24, 2.45) is 5.92 Å². The van der Waals surface area contributed by atoms with Crippen molar-refractivity contribution in [1.82, 2.24) is 9.88 Å². The molecule has 2 nitrogen and oxygen atoms in total. The molecule has 1 aromatic heterocycles. The third-order valence-electron chi connectivity index (χ3n) is 4.26. The van der Waals surface area contributed by atoms with Gasteiger partial charge in [-0.25, -0.2) is 0 Å². The summed E-state index contributed by atoms with van der Waals surface area (Å²) in [7, 11) is 0. The maximum atomic E-state index is 3.72. The summed E-state index contributed by atoms with van der Waals surface area (Å²) in [6.07, 6.45) is 9.11. The van der Waals surface area contributed by atoms with E-state index in [0.717, 1.165) is 25.0 Å². The van der Waals surface area contributed by atoms with Crippen LogP contribution in [-0.2, 0) is 13.1 Å². The summed E-state index contributed by atoms with van der Waals surface area (Å²) in [5, 5.41) is 3.72. The van der Waals surface area contributed by atoms with E-state index in [1.165, 1.54) is 37.8 Å². The van der Waals surface area contributed by atoms with Gasteiger partial charge in [0.1, 0.15) is 0 Å². The van der Waals surface area contributed by atoms with Crippen LogP contribution in [0.25, 0.3) is 0 Å². The van der Waals surface area contributed by atoms with Gasteiger partial charge in [-0.1, -0.05) is 13.3 Å². The van der Waals surface area contributed by atoms with Crippen LogP contribution in [-0.4, -0.2) is 10.6 Å². The maximum Gasteiger partial charge on any atom is 0.0361 e. The number of aryl methyl sites for hydroxylation is 1. The van der Waals surface area contributed by atoms with Gasteiger partial charge in [-0.3, -0.25) is 0 Å². The van der Waals surface area contributed by atoms with E-state index in [1.54, 1.807) is 0 Å². The number of rotatable bonds is 5. The Morgan fingerprint density at radius 2 is 2.00 bits per heavy atom. The molecular weight excluding hydrogens is 208 g/mol. The first kappa shape index (κ1) is 12.7. The molecule has 0 saturated heterocycles. The van der Waals surface area contributed by atoms with Crippen molar-refractivity contribution >= 4 is 0 Å². The predicted molar refractivity (Wildman–Crippen MR) is 73.0 cm³/mol. The first-order valence-electron chi connectivity index (χ1n) is 7.20. The highest BCUT2D eigenvalue weighted by Crippen LogP contribution is 2.26. The molecular formula is C15H26N2.